The molecule has 0 spiro atoms. The molecule has 2 rings (SSSR count). The van der Waals surface area contributed by atoms with Crippen molar-refractivity contribution in [1.82, 2.24) is 0 Å². The van der Waals surface area contributed by atoms with Gasteiger partial charge in [0.15, 0.2) is 0 Å². The number of allylic oxidation sites excluding steroid dienone is 1. The molecule has 0 aromatic rings. The van der Waals surface area contributed by atoms with Gasteiger partial charge in [-0.05, 0) is 31.6 Å². The predicted octanol–water partition coefficient (Wildman–Crippen LogP) is 2.13. The van der Waals surface area contributed by atoms with Crippen molar-refractivity contribution in [2.75, 3.05) is 7.11 Å². The van der Waals surface area contributed by atoms with E-state index in [1.165, 1.54) is 25.7 Å². The summed E-state index contributed by atoms with van der Waals surface area (Å²) in [5.74, 6) is 1.21. The van der Waals surface area contributed by atoms with E-state index in [4.69, 9.17) is 4.74 Å². The summed E-state index contributed by atoms with van der Waals surface area (Å²) >= 11 is 0. The molecule has 0 bridgehead atoms. The van der Waals surface area contributed by atoms with E-state index in [2.05, 4.69) is 0 Å². The molecule has 2 heteroatoms. The molecule has 0 aliphatic heterocycles. The van der Waals surface area contributed by atoms with Crippen molar-refractivity contribution in [2.24, 2.45) is 11.8 Å². The minimum absolute atomic E-state index is 0.233. The smallest absolute Gasteiger partial charge is 0.103 e. The zero-order valence-corrected chi connectivity index (χ0v) is 9.07. The molecule has 2 aliphatic carbocycles. The fraction of sp³-hybridized carbons (Fsp3) is 0.833. The molecular formula is C12H20O2. The van der Waals surface area contributed by atoms with Crippen LogP contribution >= 0.6 is 0 Å². The molecule has 2 fully saturated rings. The lowest BCUT2D eigenvalue weighted by atomic mass is 10.0. The van der Waals surface area contributed by atoms with Crippen molar-refractivity contribution in [3.05, 3.63) is 12.2 Å². The Bertz CT molecular complexity index is 222. The van der Waals surface area contributed by atoms with Crippen molar-refractivity contribution >= 4 is 0 Å². The van der Waals surface area contributed by atoms with E-state index in [1.54, 1.807) is 7.11 Å². The number of aliphatic hydroxyl groups is 1. The van der Waals surface area contributed by atoms with E-state index >= 15 is 0 Å². The number of ether oxygens (including phenoxy) is 1. The van der Waals surface area contributed by atoms with E-state index in [-0.39, 0.29) is 5.60 Å². The number of fused-ring (bicyclic) bond motifs is 1. The topological polar surface area (TPSA) is 29.5 Å². The largest absolute Gasteiger partial charge is 0.386 e. The molecule has 80 valence electrons. The van der Waals surface area contributed by atoms with Crippen molar-refractivity contribution in [3.8, 4) is 0 Å². The molecule has 0 aromatic carbocycles. The van der Waals surface area contributed by atoms with Crippen LogP contribution in [0.2, 0.25) is 0 Å². The van der Waals surface area contributed by atoms with Crippen LogP contribution in [0.3, 0.4) is 0 Å². The van der Waals surface area contributed by atoms with Crippen molar-refractivity contribution in [3.63, 3.8) is 0 Å². The Labute approximate surface area is 86.0 Å². The molecule has 2 unspecified atom stereocenters. The maximum Gasteiger partial charge on any atom is 0.103 e. The van der Waals surface area contributed by atoms with Gasteiger partial charge in [-0.15, -0.1) is 0 Å². The Hall–Kier alpha value is -0.340. The molecule has 2 saturated carbocycles. The first-order valence-corrected chi connectivity index (χ1v) is 5.63. The van der Waals surface area contributed by atoms with Crippen LogP contribution in [-0.2, 0) is 4.74 Å². The second-order valence-corrected chi connectivity index (χ2v) is 4.53. The van der Waals surface area contributed by atoms with Crippen LogP contribution in [0.15, 0.2) is 12.2 Å². The summed E-state index contributed by atoms with van der Waals surface area (Å²) in [4.78, 5) is 0. The predicted molar refractivity (Wildman–Crippen MR) is 56.0 cm³/mol. The number of hydrogen-bond donors (Lipinski definition) is 1. The zero-order chi connectivity index (χ0) is 10.2. The molecule has 0 amide bonds. The Morgan fingerprint density at radius 3 is 2.36 bits per heavy atom. The number of hydrogen-bond acceptors (Lipinski definition) is 2. The molecule has 0 saturated heterocycles. The van der Waals surface area contributed by atoms with Gasteiger partial charge in [0, 0.05) is 7.11 Å². The number of aliphatic hydroxyl groups excluding tert-OH is 1. The Kier molecular flexibility index (Phi) is 2.67. The summed E-state index contributed by atoms with van der Waals surface area (Å²) in [5, 5.41) is 10.1. The van der Waals surface area contributed by atoms with Crippen LogP contribution < -0.4 is 0 Å². The molecule has 14 heavy (non-hydrogen) atoms. The number of rotatable bonds is 3. The highest BCUT2D eigenvalue weighted by Gasteiger charge is 2.68. The summed E-state index contributed by atoms with van der Waals surface area (Å²) in [7, 11) is 1.74. The highest BCUT2D eigenvalue weighted by Crippen LogP contribution is 2.62. The first-order valence-electron chi connectivity index (χ1n) is 5.63. The second-order valence-electron chi connectivity index (χ2n) is 4.53. The molecule has 0 radical (unpaired) electrons. The van der Waals surface area contributed by atoms with Crippen LogP contribution in [0.25, 0.3) is 0 Å². The monoisotopic (exact) mass is 196 g/mol. The van der Waals surface area contributed by atoms with Gasteiger partial charge in [0.1, 0.15) is 11.7 Å². The van der Waals surface area contributed by atoms with Gasteiger partial charge >= 0.3 is 0 Å². The van der Waals surface area contributed by atoms with Crippen LogP contribution in [0.5, 0.6) is 0 Å². The van der Waals surface area contributed by atoms with Gasteiger partial charge in [0.2, 0.25) is 0 Å². The Balaban J connectivity index is 2.12. The van der Waals surface area contributed by atoms with Gasteiger partial charge in [-0.1, -0.05) is 25.0 Å². The van der Waals surface area contributed by atoms with Gasteiger partial charge in [-0.25, -0.2) is 0 Å². The lowest BCUT2D eigenvalue weighted by Crippen LogP contribution is -2.32. The average molecular weight is 196 g/mol. The normalized spacial score (nSPS) is 43.6. The van der Waals surface area contributed by atoms with Crippen LogP contribution in [-0.4, -0.2) is 23.9 Å². The Morgan fingerprint density at radius 2 is 1.93 bits per heavy atom. The molecule has 0 heterocycles. The highest BCUT2D eigenvalue weighted by molar-refractivity contribution is 5.21. The minimum atomic E-state index is -0.411. The first kappa shape index (κ1) is 10.2. The standard InChI is InChI=1S/C12H20O2/c1-3-6-11(13)12(14-2)9-7-4-5-8-10(9)12/h3,6,9-11,13H,4-5,7-8H2,1-2H3/b6-3+/t9-,10+,11?,12?. The number of methoxy groups -OCH3 is 1. The third-order valence-corrected chi connectivity index (χ3v) is 4.01. The molecule has 4 atom stereocenters. The fourth-order valence-corrected chi connectivity index (χ4v) is 3.31. The van der Waals surface area contributed by atoms with Crippen molar-refractivity contribution < 1.29 is 9.84 Å². The van der Waals surface area contributed by atoms with Crippen molar-refractivity contribution in [2.45, 2.75) is 44.3 Å². The average Bonchev–Trinajstić information content (AvgIpc) is 2.87. The maximum absolute atomic E-state index is 10.1. The molecular weight excluding hydrogens is 176 g/mol. The van der Waals surface area contributed by atoms with Gasteiger partial charge in [-0.3, -0.25) is 0 Å². The summed E-state index contributed by atoms with van der Waals surface area (Å²) < 4.78 is 5.61. The Morgan fingerprint density at radius 1 is 1.36 bits per heavy atom. The summed E-state index contributed by atoms with van der Waals surface area (Å²) in [6.45, 7) is 1.94. The highest BCUT2D eigenvalue weighted by atomic mass is 16.5. The lowest BCUT2D eigenvalue weighted by Gasteiger charge is -2.20. The van der Waals surface area contributed by atoms with Crippen molar-refractivity contribution in [1.29, 1.82) is 0 Å². The van der Waals surface area contributed by atoms with E-state index in [1.807, 2.05) is 19.1 Å². The van der Waals surface area contributed by atoms with E-state index < -0.39 is 6.10 Å². The lowest BCUT2D eigenvalue weighted by molar-refractivity contribution is -0.0287. The summed E-state index contributed by atoms with van der Waals surface area (Å²) in [6.07, 6.45) is 8.42. The SMILES string of the molecule is C/C=C/C(O)C1(OC)[C@@H]2CCCC[C@@H]21. The molecule has 2 nitrogen and oxygen atoms in total. The van der Waals surface area contributed by atoms with E-state index in [9.17, 15) is 5.11 Å². The summed E-state index contributed by atoms with van der Waals surface area (Å²) in [5.41, 5.74) is -0.233. The van der Waals surface area contributed by atoms with Crippen LogP contribution in [0.4, 0.5) is 0 Å². The van der Waals surface area contributed by atoms with Gasteiger partial charge < -0.3 is 9.84 Å². The molecule has 2 aliphatic rings. The zero-order valence-electron chi connectivity index (χ0n) is 9.07. The maximum atomic E-state index is 10.1. The molecule has 1 N–H and O–H groups in total. The van der Waals surface area contributed by atoms with E-state index in [0.29, 0.717) is 11.8 Å². The quantitative estimate of drug-likeness (QED) is 0.701. The minimum Gasteiger partial charge on any atom is -0.386 e. The van der Waals surface area contributed by atoms with Crippen LogP contribution in [0, 0.1) is 11.8 Å². The molecule has 0 aromatic heterocycles. The van der Waals surface area contributed by atoms with Gasteiger partial charge in [0.05, 0.1) is 0 Å². The van der Waals surface area contributed by atoms with Gasteiger partial charge in [0.25, 0.3) is 0 Å². The fourth-order valence-electron chi connectivity index (χ4n) is 3.31. The first-order chi connectivity index (χ1) is 6.77. The van der Waals surface area contributed by atoms with Gasteiger partial charge in [-0.2, -0.15) is 0 Å². The van der Waals surface area contributed by atoms with Crippen LogP contribution in [0.1, 0.15) is 32.6 Å². The third-order valence-electron chi connectivity index (χ3n) is 4.01. The van der Waals surface area contributed by atoms with E-state index in [0.717, 1.165) is 0 Å². The third kappa shape index (κ3) is 1.24. The summed E-state index contributed by atoms with van der Waals surface area (Å²) in [6, 6.07) is 0. The second kappa shape index (κ2) is 3.67.